The highest BCUT2D eigenvalue weighted by Crippen LogP contribution is 2.29. The molecule has 4 rings (SSSR count). The molecule has 0 saturated carbocycles. The molecule has 0 radical (unpaired) electrons. The van der Waals surface area contributed by atoms with Crippen molar-refractivity contribution in [3.63, 3.8) is 0 Å². The Labute approximate surface area is 126 Å². The lowest BCUT2D eigenvalue weighted by Crippen LogP contribution is -2.23. The summed E-state index contributed by atoms with van der Waals surface area (Å²) in [5.41, 5.74) is 7.17. The SMILES string of the molecule is c1ccc2c(c1)CCCCN2Cc1ccc2c(c1)NCC2. The minimum absolute atomic E-state index is 1.02. The molecule has 2 aliphatic rings. The highest BCUT2D eigenvalue weighted by atomic mass is 15.1. The van der Waals surface area contributed by atoms with Crippen LogP contribution in [0.1, 0.15) is 29.5 Å². The van der Waals surface area contributed by atoms with E-state index < -0.39 is 0 Å². The van der Waals surface area contributed by atoms with Crippen molar-refractivity contribution in [3.8, 4) is 0 Å². The van der Waals surface area contributed by atoms with Crippen molar-refractivity contribution in [2.45, 2.75) is 32.2 Å². The zero-order chi connectivity index (χ0) is 14.1. The average Bonchev–Trinajstić information content (AvgIpc) is 2.89. The summed E-state index contributed by atoms with van der Waals surface area (Å²) in [7, 11) is 0. The molecule has 0 aliphatic carbocycles. The maximum Gasteiger partial charge on any atom is 0.0430 e. The van der Waals surface area contributed by atoms with Crippen LogP contribution in [0.4, 0.5) is 11.4 Å². The zero-order valence-corrected chi connectivity index (χ0v) is 12.4. The van der Waals surface area contributed by atoms with Crippen LogP contribution < -0.4 is 10.2 Å². The fourth-order valence-corrected chi connectivity index (χ4v) is 3.59. The molecule has 2 heteroatoms. The van der Waals surface area contributed by atoms with Gasteiger partial charge in [-0.2, -0.15) is 0 Å². The summed E-state index contributed by atoms with van der Waals surface area (Å²) in [6, 6.07) is 15.9. The normalized spacial score (nSPS) is 16.9. The molecule has 0 bridgehead atoms. The van der Waals surface area contributed by atoms with Crippen molar-refractivity contribution >= 4 is 11.4 Å². The number of nitrogens with one attached hydrogen (secondary N) is 1. The maximum absolute atomic E-state index is 3.49. The lowest BCUT2D eigenvalue weighted by molar-refractivity contribution is 0.714. The molecule has 108 valence electrons. The zero-order valence-electron chi connectivity index (χ0n) is 12.4. The fraction of sp³-hybridized carbons (Fsp3) is 0.368. The first-order chi connectivity index (χ1) is 10.4. The van der Waals surface area contributed by atoms with Gasteiger partial charge in [0.25, 0.3) is 0 Å². The number of fused-ring (bicyclic) bond motifs is 2. The molecule has 2 aliphatic heterocycles. The Bertz CT molecular complexity index is 648. The lowest BCUT2D eigenvalue weighted by atomic mass is 10.1. The standard InChI is InChI=1S/C19H22N2/c1-2-7-19-17(5-1)6-3-4-12-21(19)14-15-8-9-16-10-11-20-18(16)13-15/h1-2,5,7-9,13,20H,3-4,6,10-12,14H2. The van der Waals surface area contributed by atoms with E-state index in [9.17, 15) is 0 Å². The van der Waals surface area contributed by atoms with Gasteiger partial charge in [0.1, 0.15) is 0 Å². The Hall–Kier alpha value is -1.96. The summed E-state index contributed by atoms with van der Waals surface area (Å²) < 4.78 is 0. The van der Waals surface area contributed by atoms with Gasteiger partial charge in [-0.3, -0.25) is 0 Å². The van der Waals surface area contributed by atoms with E-state index in [0.29, 0.717) is 0 Å². The van der Waals surface area contributed by atoms with Gasteiger partial charge >= 0.3 is 0 Å². The summed E-state index contributed by atoms with van der Waals surface area (Å²) in [6.45, 7) is 3.28. The summed E-state index contributed by atoms with van der Waals surface area (Å²) in [4.78, 5) is 2.55. The molecule has 2 nitrogen and oxygen atoms in total. The van der Waals surface area contributed by atoms with Crippen molar-refractivity contribution in [1.82, 2.24) is 0 Å². The number of nitrogens with zero attached hydrogens (tertiary/aromatic N) is 1. The van der Waals surface area contributed by atoms with E-state index in [1.807, 2.05) is 0 Å². The first-order valence-electron chi connectivity index (χ1n) is 8.09. The molecule has 0 saturated heterocycles. The van der Waals surface area contributed by atoms with E-state index in [2.05, 4.69) is 52.7 Å². The van der Waals surface area contributed by atoms with Gasteiger partial charge in [0.15, 0.2) is 0 Å². The average molecular weight is 278 g/mol. The van der Waals surface area contributed by atoms with Crippen LogP contribution in [0.5, 0.6) is 0 Å². The smallest absolute Gasteiger partial charge is 0.0430 e. The Balaban J connectivity index is 1.62. The molecule has 0 fully saturated rings. The number of benzene rings is 2. The van der Waals surface area contributed by atoms with Crippen LogP contribution in [-0.2, 0) is 19.4 Å². The second-order valence-corrected chi connectivity index (χ2v) is 6.18. The van der Waals surface area contributed by atoms with Gasteiger partial charge in [-0.25, -0.2) is 0 Å². The van der Waals surface area contributed by atoms with E-state index >= 15 is 0 Å². The molecular weight excluding hydrogens is 256 g/mol. The third-order valence-electron chi connectivity index (χ3n) is 4.71. The molecule has 0 aromatic heterocycles. The van der Waals surface area contributed by atoms with Crippen LogP contribution in [0, 0.1) is 0 Å². The predicted molar refractivity (Wildman–Crippen MR) is 89.1 cm³/mol. The lowest BCUT2D eigenvalue weighted by Gasteiger charge is -2.25. The third-order valence-corrected chi connectivity index (χ3v) is 4.71. The van der Waals surface area contributed by atoms with Gasteiger partial charge in [-0.05, 0) is 54.5 Å². The second-order valence-electron chi connectivity index (χ2n) is 6.18. The minimum atomic E-state index is 1.02. The van der Waals surface area contributed by atoms with Crippen LogP contribution in [0.15, 0.2) is 42.5 Å². The first kappa shape index (κ1) is 12.8. The van der Waals surface area contributed by atoms with Crippen LogP contribution in [0.3, 0.4) is 0 Å². The minimum Gasteiger partial charge on any atom is -0.384 e. The van der Waals surface area contributed by atoms with Crippen molar-refractivity contribution in [2.24, 2.45) is 0 Å². The van der Waals surface area contributed by atoms with Gasteiger partial charge < -0.3 is 10.2 Å². The van der Waals surface area contributed by atoms with E-state index in [0.717, 1.165) is 13.1 Å². The third kappa shape index (κ3) is 2.51. The summed E-state index contributed by atoms with van der Waals surface area (Å²) in [5.74, 6) is 0. The highest BCUT2D eigenvalue weighted by molar-refractivity contribution is 5.59. The molecule has 0 amide bonds. The number of hydrogen-bond acceptors (Lipinski definition) is 2. The molecule has 1 N–H and O–H groups in total. The van der Waals surface area contributed by atoms with Gasteiger partial charge in [0, 0.05) is 31.0 Å². The van der Waals surface area contributed by atoms with Crippen molar-refractivity contribution in [3.05, 3.63) is 59.2 Å². The second kappa shape index (κ2) is 5.44. The highest BCUT2D eigenvalue weighted by Gasteiger charge is 2.16. The van der Waals surface area contributed by atoms with Gasteiger partial charge in [-0.1, -0.05) is 30.3 Å². The Morgan fingerprint density at radius 2 is 1.90 bits per heavy atom. The largest absolute Gasteiger partial charge is 0.384 e. The van der Waals surface area contributed by atoms with Gasteiger partial charge in [0.05, 0.1) is 0 Å². The van der Waals surface area contributed by atoms with E-state index in [-0.39, 0.29) is 0 Å². The fourth-order valence-electron chi connectivity index (χ4n) is 3.59. The number of anilines is 2. The van der Waals surface area contributed by atoms with Crippen molar-refractivity contribution in [1.29, 1.82) is 0 Å². The molecule has 2 aromatic carbocycles. The van der Waals surface area contributed by atoms with E-state index in [4.69, 9.17) is 0 Å². The summed E-state index contributed by atoms with van der Waals surface area (Å²) >= 11 is 0. The molecule has 0 atom stereocenters. The van der Waals surface area contributed by atoms with Gasteiger partial charge in [0.2, 0.25) is 0 Å². The van der Waals surface area contributed by atoms with Crippen LogP contribution in [0.25, 0.3) is 0 Å². The van der Waals surface area contributed by atoms with Crippen LogP contribution in [0.2, 0.25) is 0 Å². The van der Waals surface area contributed by atoms with E-state index in [1.165, 1.54) is 60.3 Å². The number of aryl methyl sites for hydroxylation is 1. The molecule has 2 heterocycles. The summed E-state index contributed by atoms with van der Waals surface area (Å²) in [6.07, 6.45) is 4.98. The Morgan fingerprint density at radius 3 is 2.90 bits per heavy atom. The van der Waals surface area contributed by atoms with Crippen molar-refractivity contribution < 1.29 is 0 Å². The summed E-state index contributed by atoms with van der Waals surface area (Å²) in [5, 5.41) is 3.49. The Morgan fingerprint density at radius 1 is 0.952 bits per heavy atom. The van der Waals surface area contributed by atoms with Crippen LogP contribution >= 0.6 is 0 Å². The molecule has 0 spiro atoms. The Kier molecular flexibility index (Phi) is 3.30. The molecule has 21 heavy (non-hydrogen) atoms. The van der Waals surface area contributed by atoms with Crippen LogP contribution in [-0.4, -0.2) is 13.1 Å². The van der Waals surface area contributed by atoms with Gasteiger partial charge in [-0.15, -0.1) is 0 Å². The first-order valence-corrected chi connectivity index (χ1v) is 8.09. The molecular formula is C19H22N2. The number of rotatable bonds is 2. The predicted octanol–water partition coefficient (Wildman–Crippen LogP) is 4.00. The monoisotopic (exact) mass is 278 g/mol. The number of para-hydroxylation sites is 1. The number of hydrogen-bond donors (Lipinski definition) is 1. The topological polar surface area (TPSA) is 15.3 Å². The van der Waals surface area contributed by atoms with Crippen molar-refractivity contribution in [2.75, 3.05) is 23.3 Å². The molecule has 0 unspecified atom stereocenters. The quantitative estimate of drug-likeness (QED) is 0.893. The molecule has 2 aromatic rings. The maximum atomic E-state index is 3.49. The van der Waals surface area contributed by atoms with E-state index in [1.54, 1.807) is 0 Å².